The van der Waals surface area contributed by atoms with Crippen LogP contribution in [0.25, 0.3) is 110 Å². The van der Waals surface area contributed by atoms with Gasteiger partial charge < -0.3 is 4.42 Å². The highest BCUT2D eigenvalue weighted by atomic mass is 16.3. The second-order valence-electron chi connectivity index (χ2n) is 13.6. The zero-order valence-corrected chi connectivity index (χ0v) is 28.5. The first-order valence-electron chi connectivity index (χ1n) is 20.3. The van der Waals surface area contributed by atoms with E-state index in [1.165, 1.54) is 21.7 Å². The predicted octanol–water partition coefficient (Wildman–Crippen LogP) is 14.9. The van der Waals surface area contributed by atoms with E-state index in [4.69, 9.17) is 11.3 Å². The van der Waals surface area contributed by atoms with Gasteiger partial charge in [0.25, 0.3) is 0 Å². The van der Waals surface area contributed by atoms with Crippen LogP contribution in [0.3, 0.4) is 0 Å². The highest BCUT2D eigenvalue weighted by Crippen LogP contribution is 2.44. The van der Waals surface area contributed by atoms with E-state index >= 15 is 0 Å². The zero-order chi connectivity index (χ0) is 39.2. The molecule has 0 atom stereocenters. The normalized spacial score (nSPS) is 13.1. The molecule has 0 aliphatic rings. The van der Waals surface area contributed by atoms with Crippen LogP contribution in [0.4, 0.5) is 0 Å². The lowest BCUT2D eigenvalue weighted by molar-refractivity contribution is 0.669. The number of benzene rings is 10. The molecule has 0 N–H and O–H groups in total. The van der Waals surface area contributed by atoms with Crippen LogP contribution in [0.5, 0.6) is 0 Å². The van der Waals surface area contributed by atoms with Gasteiger partial charge in [-0.05, 0) is 118 Å². The van der Waals surface area contributed by atoms with E-state index in [0.717, 1.165) is 76.7 Å². The molecule has 0 bridgehead atoms. The predicted molar refractivity (Wildman–Crippen MR) is 225 cm³/mol. The van der Waals surface area contributed by atoms with E-state index < -0.39 is 6.04 Å². The largest absolute Gasteiger partial charge is 0.456 e. The fourth-order valence-corrected chi connectivity index (χ4v) is 8.34. The summed E-state index contributed by atoms with van der Waals surface area (Å²) in [6, 6.07) is 55.4. The van der Waals surface area contributed by atoms with E-state index in [-0.39, 0.29) is 29.7 Å². The van der Waals surface area contributed by atoms with E-state index in [2.05, 4.69) is 115 Å². The molecule has 0 radical (unpaired) electrons. The molecular weight excluding hydrogens is 641 g/mol. The van der Waals surface area contributed by atoms with Gasteiger partial charge in [0.15, 0.2) is 0 Å². The molecule has 0 unspecified atom stereocenters. The Kier molecular flexibility index (Phi) is 5.58. The third kappa shape index (κ3) is 4.71. The van der Waals surface area contributed by atoms with E-state index in [1.807, 2.05) is 48.5 Å². The van der Waals surface area contributed by atoms with Crippen molar-refractivity contribution in [2.45, 2.75) is 0 Å². The smallest absolute Gasteiger partial charge is 0.135 e. The summed E-state index contributed by atoms with van der Waals surface area (Å²) in [5.41, 5.74) is 9.21. The van der Waals surface area contributed by atoms with Gasteiger partial charge in [-0.15, -0.1) is 0 Å². The molecule has 0 saturated heterocycles. The van der Waals surface area contributed by atoms with E-state index in [9.17, 15) is 0 Å². The van der Waals surface area contributed by atoms with Crippen molar-refractivity contribution in [1.82, 2.24) is 0 Å². The van der Waals surface area contributed by atoms with Crippen LogP contribution < -0.4 is 0 Å². The summed E-state index contributed by atoms with van der Waals surface area (Å²) in [6.45, 7) is 0. The number of para-hydroxylation sites is 1. The molecule has 1 heteroatoms. The first-order chi connectivity index (χ1) is 28.4. The van der Waals surface area contributed by atoms with Gasteiger partial charge in [0.1, 0.15) is 11.2 Å². The molecule has 1 heterocycles. The first kappa shape index (κ1) is 25.1. The quantitative estimate of drug-likeness (QED) is 0.133. The summed E-state index contributed by atoms with van der Waals surface area (Å²) >= 11 is 0. The third-order valence-electron chi connectivity index (χ3n) is 10.7. The minimum Gasteiger partial charge on any atom is -0.456 e. The summed E-state index contributed by atoms with van der Waals surface area (Å²) in [7, 11) is 0. The fourth-order valence-electron chi connectivity index (χ4n) is 8.34. The van der Waals surface area contributed by atoms with Crippen LogP contribution in [0.1, 0.15) is 6.85 Å². The average Bonchev–Trinajstić information content (AvgIpc) is 3.65. The fraction of sp³-hybridized carbons (Fsp3) is 0. The second-order valence-corrected chi connectivity index (χ2v) is 13.6. The van der Waals surface area contributed by atoms with Crippen LogP contribution in [-0.4, -0.2) is 0 Å². The summed E-state index contributed by atoms with van der Waals surface area (Å²) in [4.78, 5) is 0. The van der Waals surface area contributed by atoms with E-state index in [0.29, 0.717) is 5.56 Å². The standard InChI is InChI=1S/C52H32O/c1-2-12-34(13-3-1)51-43-17-6-8-19-45(43)52(46-20-9-7-18-44(46)51)35-24-22-33(23-25-35)36-26-28-39-38(30-36)32-47(41-15-5-4-14-40(39)41)37-27-29-50-48(31-37)42-16-10-11-21-49(42)53-50/h1-32H/i1D,2D,3D,12D,13D. The third-order valence-corrected chi connectivity index (χ3v) is 10.7. The van der Waals surface area contributed by atoms with Crippen molar-refractivity contribution in [3.8, 4) is 44.5 Å². The maximum atomic E-state index is 8.87. The van der Waals surface area contributed by atoms with Crippen molar-refractivity contribution >= 4 is 65.0 Å². The minimum absolute atomic E-state index is 0.207. The molecule has 0 amide bonds. The number of fused-ring (bicyclic) bond motifs is 8. The Balaban J connectivity index is 1.05. The topological polar surface area (TPSA) is 13.1 Å². The highest BCUT2D eigenvalue weighted by molar-refractivity contribution is 6.21. The molecule has 0 spiro atoms. The van der Waals surface area contributed by atoms with Crippen molar-refractivity contribution < 1.29 is 11.3 Å². The van der Waals surface area contributed by atoms with E-state index in [1.54, 1.807) is 0 Å². The Bertz CT molecular complexity index is 3420. The van der Waals surface area contributed by atoms with Crippen molar-refractivity contribution in [2.75, 3.05) is 0 Å². The van der Waals surface area contributed by atoms with Crippen molar-refractivity contribution in [2.24, 2.45) is 0 Å². The number of rotatable bonds is 4. The van der Waals surface area contributed by atoms with Crippen molar-refractivity contribution in [3.05, 3.63) is 194 Å². The SMILES string of the molecule is [2H]c1c([2H])c([2H])c(-c2c3ccccc3c(-c3ccc(-c4ccc5c(c4)cc(-c4ccc6oc7ccccc7c6c4)c4ccccc45)cc3)c3ccccc23)c([2H])c1[2H]. The lowest BCUT2D eigenvalue weighted by Gasteiger charge is -2.18. The zero-order valence-electron chi connectivity index (χ0n) is 33.5. The summed E-state index contributed by atoms with van der Waals surface area (Å²) in [6.07, 6.45) is 0. The Hall–Kier alpha value is -6.96. The summed E-state index contributed by atoms with van der Waals surface area (Å²) in [5.74, 6) is 0. The number of hydrogen-bond acceptors (Lipinski definition) is 1. The van der Waals surface area contributed by atoms with Crippen LogP contribution >= 0.6 is 0 Å². The lowest BCUT2D eigenvalue weighted by Crippen LogP contribution is -1.90. The number of hydrogen-bond donors (Lipinski definition) is 0. The molecule has 0 saturated carbocycles. The van der Waals surface area contributed by atoms with Crippen LogP contribution in [0, 0.1) is 0 Å². The molecule has 11 aromatic rings. The molecular formula is C52H32O. The van der Waals surface area contributed by atoms with Crippen LogP contribution in [0.15, 0.2) is 198 Å². The molecule has 0 aliphatic heterocycles. The molecule has 0 fully saturated rings. The van der Waals surface area contributed by atoms with Gasteiger partial charge in [-0.2, -0.15) is 0 Å². The maximum Gasteiger partial charge on any atom is 0.135 e. The molecule has 53 heavy (non-hydrogen) atoms. The van der Waals surface area contributed by atoms with Crippen molar-refractivity contribution in [3.63, 3.8) is 0 Å². The molecule has 0 aliphatic carbocycles. The van der Waals surface area contributed by atoms with Gasteiger partial charge in [0.05, 0.1) is 6.85 Å². The van der Waals surface area contributed by atoms with Crippen molar-refractivity contribution in [1.29, 1.82) is 0 Å². The number of furan rings is 1. The summed E-state index contributed by atoms with van der Waals surface area (Å²) in [5, 5.41) is 10.5. The Labute approximate surface area is 314 Å². The van der Waals surface area contributed by atoms with Crippen LogP contribution in [-0.2, 0) is 0 Å². The van der Waals surface area contributed by atoms with Crippen LogP contribution in [0.2, 0.25) is 0 Å². The van der Waals surface area contributed by atoms with Gasteiger partial charge in [-0.25, -0.2) is 0 Å². The Morgan fingerprint density at radius 3 is 1.55 bits per heavy atom. The van der Waals surface area contributed by atoms with Gasteiger partial charge in [0.2, 0.25) is 0 Å². The Morgan fingerprint density at radius 1 is 0.321 bits per heavy atom. The molecule has 10 aromatic carbocycles. The lowest BCUT2D eigenvalue weighted by atomic mass is 9.85. The van der Waals surface area contributed by atoms with Gasteiger partial charge in [-0.3, -0.25) is 0 Å². The minimum atomic E-state index is -0.398. The maximum absolute atomic E-state index is 8.87. The first-order valence-corrected chi connectivity index (χ1v) is 17.8. The molecule has 246 valence electrons. The van der Waals surface area contributed by atoms with Gasteiger partial charge in [0, 0.05) is 10.8 Å². The van der Waals surface area contributed by atoms with Gasteiger partial charge >= 0.3 is 0 Å². The average molecular weight is 678 g/mol. The Morgan fingerprint density at radius 2 is 0.849 bits per heavy atom. The molecule has 1 aromatic heterocycles. The highest BCUT2D eigenvalue weighted by Gasteiger charge is 2.17. The molecule has 1 nitrogen and oxygen atoms in total. The van der Waals surface area contributed by atoms with Gasteiger partial charge in [-0.1, -0.05) is 164 Å². The second kappa shape index (κ2) is 11.8. The monoisotopic (exact) mass is 677 g/mol. The molecule has 11 rings (SSSR count). The summed E-state index contributed by atoms with van der Waals surface area (Å²) < 4.78 is 49.0.